The number of carbonyl (C=O) groups is 1. The van der Waals surface area contributed by atoms with E-state index in [1.165, 1.54) is 0 Å². The summed E-state index contributed by atoms with van der Waals surface area (Å²) >= 11 is 9.26. The Balaban J connectivity index is 2.05. The van der Waals surface area contributed by atoms with Crippen LogP contribution < -0.4 is 0 Å². The van der Waals surface area contributed by atoms with E-state index < -0.39 is 0 Å². The van der Waals surface area contributed by atoms with Gasteiger partial charge in [-0.25, -0.2) is 0 Å². The Labute approximate surface area is 138 Å². The van der Waals surface area contributed by atoms with E-state index in [9.17, 15) is 4.79 Å². The second-order valence-corrected chi connectivity index (χ2v) is 6.09. The highest BCUT2D eigenvalue weighted by Crippen LogP contribution is 2.14. The molecule has 4 heteroatoms. The van der Waals surface area contributed by atoms with Crippen molar-refractivity contribution in [2.24, 2.45) is 0 Å². The molecule has 2 aromatic carbocycles. The third-order valence-corrected chi connectivity index (χ3v) is 3.83. The van der Waals surface area contributed by atoms with Gasteiger partial charge in [-0.15, -0.1) is 11.6 Å². The maximum Gasteiger partial charge on any atom is 0.227 e. The predicted octanol–water partition coefficient (Wildman–Crippen LogP) is 4.26. The van der Waals surface area contributed by atoms with Crippen molar-refractivity contribution in [3.63, 3.8) is 0 Å². The molecule has 21 heavy (non-hydrogen) atoms. The van der Waals surface area contributed by atoms with E-state index in [4.69, 9.17) is 11.6 Å². The van der Waals surface area contributed by atoms with E-state index in [1.807, 2.05) is 59.5 Å². The van der Waals surface area contributed by atoms with Crippen molar-refractivity contribution < 1.29 is 4.79 Å². The van der Waals surface area contributed by atoms with Crippen LogP contribution in [0.15, 0.2) is 59.1 Å². The average Bonchev–Trinajstić information content (AvgIpc) is 2.48. The minimum absolute atomic E-state index is 0.0950. The lowest BCUT2D eigenvalue weighted by molar-refractivity contribution is -0.130. The van der Waals surface area contributed by atoms with E-state index in [0.29, 0.717) is 25.4 Å². The Morgan fingerprint density at radius 3 is 2.43 bits per heavy atom. The maximum atomic E-state index is 12.5. The van der Waals surface area contributed by atoms with Crippen molar-refractivity contribution in [2.75, 3.05) is 12.4 Å². The van der Waals surface area contributed by atoms with Crippen LogP contribution in [-0.4, -0.2) is 23.2 Å². The Hall–Kier alpha value is -1.32. The van der Waals surface area contributed by atoms with Crippen LogP contribution in [0.25, 0.3) is 0 Å². The molecular formula is C17H17BrClNO. The summed E-state index contributed by atoms with van der Waals surface area (Å²) in [6, 6.07) is 17.8. The van der Waals surface area contributed by atoms with Crippen molar-refractivity contribution in [1.82, 2.24) is 4.90 Å². The summed E-state index contributed by atoms with van der Waals surface area (Å²) in [6.45, 7) is 1.16. The molecule has 0 unspecified atom stereocenters. The summed E-state index contributed by atoms with van der Waals surface area (Å²) in [5, 5.41) is 0. The Morgan fingerprint density at radius 2 is 1.76 bits per heavy atom. The molecule has 2 aromatic rings. The van der Waals surface area contributed by atoms with Crippen LogP contribution in [0.1, 0.15) is 11.1 Å². The van der Waals surface area contributed by atoms with Gasteiger partial charge >= 0.3 is 0 Å². The Bertz CT molecular complexity index is 588. The number of rotatable bonds is 6. The fraction of sp³-hybridized carbons (Fsp3) is 0.235. The maximum absolute atomic E-state index is 12.5. The molecule has 1 amide bonds. The molecule has 2 nitrogen and oxygen atoms in total. The van der Waals surface area contributed by atoms with Gasteiger partial charge in [0.1, 0.15) is 0 Å². The lowest BCUT2D eigenvalue weighted by Gasteiger charge is -2.22. The molecule has 0 saturated carbocycles. The van der Waals surface area contributed by atoms with E-state index >= 15 is 0 Å². The van der Waals surface area contributed by atoms with E-state index in [1.54, 1.807) is 0 Å². The number of halogens is 2. The number of amides is 1. The Morgan fingerprint density at radius 1 is 1.05 bits per heavy atom. The van der Waals surface area contributed by atoms with Gasteiger partial charge in [-0.1, -0.05) is 58.4 Å². The van der Waals surface area contributed by atoms with Gasteiger partial charge in [0.05, 0.1) is 6.42 Å². The summed E-state index contributed by atoms with van der Waals surface area (Å²) in [7, 11) is 0. The quantitative estimate of drug-likeness (QED) is 0.700. The fourth-order valence-electron chi connectivity index (χ4n) is 2.13. The lowest BCUT2D eigenvalue weighted by atomic mass is 10.1. The number of hydrogen-bond donors (Lipinski definition) is 0. The van der Waals surface area contributed by atoms with E-state index in [2.05, 4.69) is 15.9 Å². The first-order valence-electron chi connectivity index (χ1n) is 6.81. The highest BCUT2D eigenvalue weighted by molar-refractivity contribution is 9.10. The first-order chi connectivity index (χ1) is 10.2. The molecule has 110 valence electrons. The standard InChI is InChI=1S/C17H17BrClNO/c18-16-8-4-7-15(11-16)12-17(21)20(10-9-19)13-14-5-2-1-3-6-14/h1-8,11H,9-10,12-13H2. The molecule has 0 aromatic heterocycles. The minimum atomic E-state index is 0.0950. The molecule has 0 N–H and O–H groups in total. The smallest absolute Gasteiger partial charge is 0.227 e. The van der Waals surface area contributed by atoms with Gasteiger partial charge in [-0.2, -0.15) is 0 Å². The summed E-state index contributed by atoms with van der Waals surface area (Å²) < 4.78 is 0.986. The zero-order chi connectivity index (χ0) is 15.1. The van der Waals surface area contributed by atoms with E-state index in [0.717, 1.165) is 15.6 Å². The molecule has 0 fully saturated rings. The van der Waals surface area contributed by atoms with Crippen molar-refractivity contribution >= 4 is 33.4 Å². The molecule has 2 rings (SSSR count). The zero-order valence-electron chi connectivity index (χ0n) is 11.6. The van der Waals surface area contributed by atoms with Crippen LogP contribution in [0.3, 0.4) is 0 Å². The van der Waals surface area contributed by atoms with Gasteiger partial charge in [0.15, 0.2) is 0 Å². The molecule has 0 radical (unpaired) electrons. The van der Waals surface area contributed by atoms with Crippen LogP contribution >= 0.6 is 27.5 Å². The molecule has 0 bridgehead atoms. The van der Waals surface area contributed by atoms with Crippen LogP contribution in [0.4, 0.5) is 0 Å². The average molecular weight is 367 g/mol. The van der Waals surface area contributed by atoms with Crippen LogP contribution in [0, 0.1) is 0 Å². The summed E-state index contributed by atoms with van der Waals surface area (Å²) in [6.07, 6.45) is 0.392. The topological polar surface area (TPSA) is 20.3 Å². The minimum Gasteiger partial charge on any atom is -0.337 e. The van der Waals surface area contributed by atoms with Crippen LogP contribution in [0.2, 0.25) is 0 Å². The van der Waals surface area contributed by atoms with E-state index in [-0.39, 0.29) is 5.91 Å². The van der Waals surface area contributed by atoms with Gasteiger partial charge in [-0.3, -0.25) is 4.79 Å². The van der Waals surface area contributed by atoms with Gasteiger partial charge in [-0.05, 0) is 23.3 Å². The van der Waals surface area contributed by atoms with Crippen LogP contribution in [0.5, 0.6) is 0 Å². The number of carbonyl (C=O) groups excluding carboxylic acids is 1. The molecule has 0 spiro atoms. The highest BCUT2D eigenvalue weighted by atomic mass is 79.9. The van der Waals surface area contributed by atoms with Crippen molar-refractivity contribution in [2.45, 2.75) is 13.0 Å². The first-order valence-corrected chi connectivity index (χ1v) is 8.14. The van der Waals surface area contributed by atoms with Gasteiger partial charge < -0.3 is 4.90 Å². The summed E-state index contributed by atoms with van der Waals surface area (Å²) in [5.74, 6) is 0.537. The normalized spacial score (nSPS) is 10.4. The SMILES string of the molecule is O=C(Cc1cccc(Br)c1)N(CCCl)Cc1ccccc1. The number of alkyl halides is 1. The third-order valence-electron chi connectivity index (χ3n) is 3.17. The molecule has 0 saturated heterocycles. The van der Waals surface area contributed by atoms with Crippen LogP contribution in [-0.2, 0) is 17.8 Å². The second-order valence-electron chi connectivity index (χ2n) is 4.80. The monoisotopic (exact) mass is 365 g/mol. The molecule has 0 atom stereocenters. The number of hydrogen-bond acceptors (Lipinski definition) is 1. The van der Waals surface area contributed by atoms with Crippen molar-refractivity contribution in [3.05, 3.63) is 70.2 Å². The first kappa shape index (κ1) is 16.1. The molecule has 0 aliphatic carbocycles. The fourth-order valence-corrected chi connectivity index (χ4v) is 2.78. The van der Waals surface area contributed by atoms with Gasteiger partial charge in [0, 0.05) is 23.4 Å². The van der Waals surface area contributed by atoms with Gasteiger partial charge in [0.25, 0.3) is 0 Å². The molecule has 0 heterocycles. The zero-order valence-corrected chi connectivity index (χ0v) is 14.0. The Kier molecular flexibility index (Phi) is 6.27. The number of benzene rings is 2. The summed E-state index contributed by atoms with van der Waals surface area (Å²) in [4.78, 5) is 14.3. The largest absolute Gasteiger partial charge is 0.337 e. The molecule has 0 aliphatic heterocycles. The second kappa shape index (κ2) is 8.20. The molecular weight excluding hydrogens is 350 g/mol. The summed E-state index contributed by atoms with van der Waals surface area (Å²) in [5.41, 5.74) is 2.12. The third kappa shape index (κ3) is 5.18. The number of nitrogens with zero attached hydrogens (tertiary/aromatic N) is 1. The van der Waals surface area contributed by atoms with Gasteiger partial charge in [0.2, 0.25) is 5.91 Å². The van der Waals surface area contributed by atoms with Crippen molar-refractivity contribution in [3.8, 4) is 0 Å². The molecule has 0 aliphatic rings. The highest BCUT2D eigenvalue weighted by Gasteiger charge is 2.14. The predicted molar refractivity (Wildman–Crippen MR) is 90.4 cm³/mol. The van der Waals surface area contributed by atoms with Crippen molar-refractivity contribution in [1.29, 1.82) is 0 Å². The lowest BCUT2D eigenvalue weighted by Crippen LogP contribution is -2.33.